The number of aromatic amines is 1. The number of aromatic nitrogens is 2. The maximum Gasteiger partial charge on any atom is 0.256 e. The topological polar surface area (TPSA) is 117 Å². The summed E-state index contributed by atoms with van der Waals surface area (Å²) >= 11 is 0. The van der Waals surface area contributed by atoms with Crippen LogP contribution < -0.4 is 10.6 Å². The third-order valence-electron chi connectivity index (χ3n) is 3.99. The van der Waals surface area contributed by atoms with Gasteiger partial charge in [0.1, 0.15) is 11.4 Å². The number of nitrogens with one attached hydrogen (secondary N) is 3. The molecule has 120 valence electrons. The molecule has 0 aliphatic heterocycles. The number of benzene rings is 1. The van der Waals surface area contributed by atoms with E-state index in [2.05, 4.69) is 33.0 Å². The molecule has 1 amide bonds. The minimum Gasteiger partial charge on any atom is -0.348 e. The Balaban J connectivity index is 1.70. The average Bonchev–Trinajstić information content (AvgIpc) is 3.34. The van der Waals surface area contributed by atoms with Crippen LogP contribution in [0.4, 0.5) is 11.5 Å². The van der Waals surface area contributed by atoms with Crippen LogP contribution in [0.15, 0.2) is 30.5 Å². The van der Waals surface area contributed by atoms with E-state index >= 15 is 0 Å². The number of H-pyrrole nitrogens is 1. The highest BCUT2D eigenvalue weighted by Crippen LogP contribution is 2.34. The van der Waals surface area contributed by atoms with Crippen molar-refractivity contribution in [2.75, 3.05) is 5.32 Å². The number of rotatable bonds is 6. The Morgan fingerprint density at radius 3 is 2.71 bits per heavy atom. The van der Waals surface area contributed by atoms with Gasteiger partial charge in [0.15, 0.2) is 0 Å². The van der Waals surface area contributed by atoms with Crippen molar-refractivity contribution in [3.63, 3.8) is 0 Å². The average molecular weight is 320 g/mol. The first-order valence-corrected chi connectivity index (χ1v) is 7.69. The second kappa shape index (κ2) is 6.84. The van der Waals surface area contributed by atoms with Crippen molar-refractivity contribution in [3.05, 3.63) is 41.6 Å². The van der Waals surface area contributed by atoms with E-state index in [-0.39, 0.29) is 11.9 Å². The smallest absolute Gasteiger partial charge is 0.256 e. The van der Waals surface area contributed by atoms with Gasteiger partial charge in [0, 0.05) is 11.7 Å². The van der Waals surface area contributed by atoms with E-state index in [0.717, 1.165) is 18.5 Å². The molecule has 3 N–H and O–H groups in total. The summed E-state index contributed by atoms with van der Waals surface area (Å²) in [6.45, 7) is 0. The van der Waals surface area contributed by atoms with Crippen molar-refractivity contribution in [1.82, 2.24) is 15.5 Å². The highest BCUT2D eigenvalue weighted by Gasteiger charge is 2.32. The largest absolute Gasteiger partial charge is 0.348 e. The first-order chi connectivity index (χ1) is 11.7. The zero-order valence-corrected chi connectivity index (χ0v) is 12.9. The fourth-order valence-corrected chi connectivity index (χ4v) is 2.50. The molecule has 3 rings (SSSR count). The van der Waals surface area contributed by atoms with Crippen molar-refractivity contribution in [2.24, 2.45) is 5.92 Å². The molecule has 1 saturated carbocycles. The van der Waals surface area contributed by atoms with E-state index in [1.54, 1.807) is 24.3 Å². The monoisotopic (exact) mass is 320 g/mol. The normalized spacial score (nSPS) is 14.2. The molecule has 0 saturated heterocycles. The van der Waals surface area contributed by atoms with Crippen molar-refractivity contribution in [2.45, 2.75) is 25.3 Å². The molecular formula is C17H16N6O. The Morgan fingerprint density at radius 1 is 1.33 bits per heavy atom. The number of carbonyl (C=O) groups excluding carboxylic acids is 1. The zero-order valence-electron chi connectivity index (χ0n) is 12.9. The lowest BCUT2D eigenvalue weighted by Crippen LogP contribution is -2.36. The van der Waals surface area contributed by atoms with Gasteiger partial charge in [-0.15, -0.1) is 0 Å². The lowest BCUT2D eigenvalue weighted by atomic mass is 10.1. The fourth-order valence-electron chi connectivity index (χ4n) is 2.50. The standard InChI is InChI=1S/C17H16N6O/c18-8-7-15(12-3-4-12)22-17(24)14-10-20-23-16(14)21-13-5-1-11(9-19)2-6-13/h1-2,5-6,10,12,15H,3-4,7H2,(H,22,24)(H2,20,21,23). The van der Waals surface area contributed by atoms with Crippen LogP contribution in [0, 0.1) is 28.6 Å². The van der Waals surface area contributed by atoms with Crippen LogP contribution in [0.25, 0.3) is 0 Å². The molecule has 7 nitrogen and oxygen atoms in total. The van der Waals surface area contributed by atoms with Crippen LogP contribution in [0.5, 0.6) is 0 Å². The Bertz CT molecular complexity index is 807. The summed E-state index contributed by atoms with van der Waals surface area (Å²) in [5.74, 6) is 0.617. The van der Waals surface area contributed by atoms with Crippen LogP contribution in [0.2, 0.25) is 0 Å². The molecule has 1 aromatic heterocycles. The summed E-state index contributed by atoms with van der Waals surface area (Å²) in [6.07, 6.45) is 3.87. The number of nitriles is 2. The highest BCUT2D eigenvalue weighted by atomic mass is 16.1. The van der Waals surface area contributed by atoms with Crippen molar-refractivity contribution in [3.8, 4) is 12.1 Å². The van der Waals surface area contributed by atoms with Crippen LogP contribution >= 0.6 is 0 Å². The Hall–Kier alpha value is -3.32. The van der Waals surface area contributed by atoms with Gasteiger partial charge >= 0.3 is 0 Å². The number of amides is 1. The SMILES string of the molecule is N#CCC(NC(=O)c1cn[nH]c1Nc1ccc(C#N)cc1)C1CC1. The summed E-state index contributed by atoms with van der Waals surface area (Å²) in [4.78, 5) is 12.5. The molecular weight excluding hydrogens is 304 g/mol. The van der Waals surface area contributed by atoms with Crippen LogP contribution in [0.1, 0.15) is 35.2 Å². The molecule has 0 radical (unpaired) electrons. The molecule has 7 heteroatoms. The molecule has 1 aliphatic rings. The number of hydrogen-bond acceptors (Lipinski definition) is 5. The molecule has 1 aliphatic carbocycles. The predicted molar refractivity (Wildman–Crippen MR) is 87.2 cm³/mol. The summed E-state index contributed by atoms with van der Waals surface area (Å²) in [7, 11) is 0. The quantitative estimate of drug-likeness (QED) is 0.755. The van der Waals surface area contributed by atoms with E-state index in [9.17, 15) is 4.79 Å². The molecule has 0 spiro atoms. The van der Waals surface area contributed by atoms with Gasteiger partial charge in [-0.25, -0.2) is 0 Å². The Labute approximate surface area is 139 Å². The molecule has 0 bridgehead atoms. The molecule has 1 aromatic carbocycles. The fraction of sp³-hybridized carbons (Fsp3) is 0.294. The van der Waals surface area contributed by atoms with Crippen LogP contribution in [-0.4, -0.2) is 22.1 Å². The van der Waals surface area contributed by atoms with E-state index in [1.165, 1.54) is 6.20 Å². The first kappa shape index (κ1) is 15.6. The Kier molecular flexibility index (Phi) is 4.44. The molecule has 1 atom stereocenters. The van der Waals surface area contributed by atoms with Gasteiger partial charge in [-0.3, -0.25) is 9.89 Å². The van der Waals surface area contributed by atoms with Crippen molar-refractivity contribution >= 4 is 17.4 Å². The lowest BCUT2D eigenvalue weighted by Gasteiger charge is -2.15. The number of nitrogens with zero attached hydrogens (tertiary/aromatic N) is 3. The van der Waals surface area contributed by atoms with Crippen LogP contribution in [-0.2, 0) is 0 Å². The molecule has 1 unspecified atom stereocenters. The summed E-state index contributed by atoms with van der Waals surface area (Å²) < 4.78 is 0. The molecule has 1 heterocycles. The van der Waals surface area contributed by atoms with Crippen molar-refractivity contribution < 1.29 is 4.79 Å². The third-order valence-corrected chi connectivity index (χ3v) is 3.99. The van der Waals surface area contributed by atoms with Gasteiger partial charge < -0.3 is 10.6 Å². The second-order valence-corrected chi connectivity index (χ2v) is 5.75. The summed E-state index contributed by atoms with van der Waals surface area (Å²) in [5.41, 5.74) is 1.69. The van der Waals surface area contributed by atoms with Gasteiger partial charge in [0.25, 0.3) is 5.91 Å². The molecule has 1 fully saturated rings. The van der Waals surface area contributed by atoms with Crippen molar-refractivity contribution in [1.29, 1.82) is 10.5 Å². The van der Waals surface area contributed by atoms with Gasteiger partial charge in [-0.2, -0.15) is 15.6 Å². The van der Waals surface area contributed by atoms with Gasteiger partial charge in [-0.1, -0.05) is 0 Å². The van der Waals surface area contributed by atoms with E-state index < -0.39 is 0 Å². The number of anilines is 2. The number of hydrogen-bond donors (Lipinski definition) is 3. The molecule has 24 heavy (non-hydrogen) atoms. The minimum absolute atomic E-state index is 0.111. The highest BCUT2D eigenvalue weighted by molar-refractivity contribution is 5.99. The summed E-state index contributed by atoms with van der Waals surface area (Å²) in [5, 5.41) is 30.4. The van der Waals surface area contributed by atoms with Gasteiger partial charge in [0.2, 0.25) is 0 Å². The zero-order chi connectivity index (χ0) is 16.9. The lowest BCUT2D eigenvalue weighted by molar-refractivity contribution is 0.0934. The van der Waals surface area contributed by atoms with E-state index in [0.29, 0.717) is 29.3 Å². The summed E-state index contributed by atoms with van der Waals surface area (Å²) in [6, 6.07) is 11.0. The van der Waals surface area contributed by atoms with E-state index in [1.807, 2.05) is 0 Å². The maximum atomic E-state index is 12.5. The van der Waals surface area contributed by atoms with Gasteiger partial charge in [0.05, 0.1) is 30.3 Å². The third kappa shape index (κ3) is 3.53. The predicted octanol–water partition coefficient (Wildman–Crippen LogP) is 2.45. The van der Waals surface area contributed by atoms with Gasteiger partial charge in [-0.05, 0) is 43.0 Å². The molecule has 2 aromatic rings. The minimum atomic E-state index is -0.257. The first-order valence-electron chi connectivity index (χ1n) is 7.69. The number of carbonyl (C=O) groups is 1. The van der Waals surface area contributed by atoms with E-state index in [4.69, 9.17) is 10.5 Å². The maximum absolute atomic E-state index is 12.5. The second-order valence-electron chi connectivity index (χ2n) is 5.75. The Morgan fingerprint density at radius 2 is 2.08 bits per heavy atom. The van der Waals surface area contributed by atoms with Crippen LogP contribution in [0.3, 0.4) is 0 Å².